The molecule has 3 aromatic rings. The van der Waals surface area contributed by atoms with Gasteiger partial charge in [0.2, 0.25) is 0 Å². The summed E-state index contributed by atoms with van der Waals surface area (Å²) in [5.41, 5.74) is 0.698. The van der Waals surface area contributed by atoms with E-state index in [-0.39, 0.29) is 11.4 Å². The minimum Gasteiger partial charge on any atom is -0.459 e. The largest absolute Gasteiger partial charge is 0.459 e. The molecule has 0 aliphatic rings. The summed E-state index contributed by atoms with van der Waals surface area (Å²) in [6.45, 7) is 2.44. The first-order valence-electron chi connectivity index (χ1n) is 6.50. The number of carbonyl (C=O) groups is 1. The number of nitro benzene ring substituents is 1. The van der Waals surface area contributed by atoms with Gasteiger partial charge in [0.1, 0.15) is 0 Å². The van der Waals surface area contributed by atoms with Crippen LogP contribution in [0.5, 0.6) is 0 Å². The number of benzene rings is 1. The lowest BCUT2D eigenvalue weighted by molar-refractivity contribution is -0.384. The molecule has 7 nitrogen and oxygen atoms in total. The number of aryl methyl sites for hydroxylation is 1. The fourth-order valence-corrected chi connectivity index (χ4v) is 3.18. The summed E-state index contributed by atoms with van der Waals surface area (Å²) in [6.07, 6.45) is 1.41. The second-order valence-electron chi connectivity index (χ2n) is 4.43. The van der Waals surface area contributed by atoms with Gasteiger partial charge in [0, 0.05) is 18.7 Å². The van der Waals surface area contributed by atoms with Crippen molar-refractivity contribution in [2.24, 2.45) is 4.99 Å². The number of nitro groups is 1. The zero-order valence-corrected chi connectivity index (χ0v) is 12.4. The molecule has 0 spiro atoms. The maximum atomic E-state index is 12.0. The Bertz CT molecular complexity index is 921. The van der Waals surface area contributed by atoms with Crippen LogP contribution < -0.4 is 4.80 Å². The number of aromatic nitrogens is 1. The molecule has 8 heteroatoms. The van der Waals surface area contributed by atoms with E-state index in [4.69, 9.17) is 4.42 Å². The maximum absolute atomic E-state index is 12.0. The van der Waals surface area contributed by atoms with Gasteiger partial charge in [-0.2, -0.15) is 4.99 Å². The Hall–Kier alpha value is -2.74. The molecule has 0 bridgehead atoms. The zero-order chi connectivity index (χ0) is 15.7. The van der Waals surface area contributed by atoms with E-state index in [2.05, 4.69) is 4.99 Å². The summed E-state index contributed by atoms with van der Waals surface area (Å²) < 4.78 is 7.63. The highest BCUT2D eigenvalue weighted by Crippen LogP contribution is 2.23. The number of hydrogen-bond donors (Lipinski definition) is 0. The van der Waals surface area contributed by atoms with E-state index in [9.17, 15) is 14.9 Å². The van der Waals surface area contributed by atoms with Gasteiger partial charge in [-0.05, 0) is 25.1 Å². The molecule has 1 aromatic carbocycles. The average molecular weight is 317 g/mol. The van der Waals surface area contributed by atoms with Gasteiger partial charge in [-0.25, -0.2) is 0 Å². The third-order valence-electron chi connectivity index (χ3n) is 3.12. The van der Waals surface area contributed by atoms with Crippen molar-refractivity contribution in [2.75, 3.05) is 0 Å². The van der Waals surface area contributed by atoms with Crippen molar-refractivity contribution in [3.63, 3.8) is 0 Å². The van der Waals surface area contributed by atoms with Crippen molar-refractivity contribution < 1.29 is 14.1 Å². The van der Waals surface area contributed by atoms with E-state index in [1.807, 2.05) is 6.92 Å². The summed E-state index contributed by atoms with van der Waals surface area (Å²) in [5.74, 6) is -0.320. The number of rotatable bonds is 3. The lowest BCUT2D eigenvalue weighted by Gasteiger charge is -1.99. The van der Waals surface area contributed by atoms with E-state index in [0.29, 0.717) is 16.9 Å². The van der Waals surface area contributed by atoms with Crippen LogP contribution in [0.1, 0.15) is 17.5 Å². The normalized spacial score (nSPS) is 12.0. The van der Waals surface area contributed by atoms with Crippen LogP contribution >= 0.6 is 11.3 Å². The van der Waals surface area contributed by atoms with Crippen molar-refractivity contribution in [3.05, 3.63) is 57.3 Å². The molecule has 0 aliphatic heterocycles. The Morgan fingerprint density at radius 1 is 1.45 bits per heavy atom. The van der Waals surface area contributed by atoms with E-state index >= 15 is 0 Å². The minimum atomic E-state index is -0.478. The fourth-order valence-electron chi connectivity index (χ4n) is 2.10. The summed E-state index contributed by atoms with van der Waals surface area (Å²) in [7, 11) is 0. The zero-order valence-electron chi connectivity index (χ0n) is 11.6. The van der Waals surface area contributed by atoms with Gasteiger partial charge in [0.25, 0.3) is 5.69 Å². The van der Waals surface area contributed by atoms with Crippen molar-refractivity contribution in [3.8, 4) is 0 Å². The first-order chi connectivity index (χ1) is 10.6. The van der Waals surface area contributed by atoms with Gasteiger partial charge < -0.3 is 8.98 Å². The molecule has 22 heavy (non-hydrogen) atoms. The molecular formula is C14H11N3O4S. The molecule has 0 unspecified atom stereocenters. The Morgan fingerprint density at radius 2 is 2.27 bits per heavy atom. The quantitative estimate of drug-likeness (QED) is 0.548. The van der Waals surface area contributed by atoms with Crippen LogP contribution in [0.4, 0.5) is 5.69 Å². The first-order valence-corrected chi connectivity index (χ1v) is 7.32. The van der Waals surface area contributed by atoms with Crippen LogP contribution in [0.2, 0.25) is 0 Å². The molecule has 3 rings (SSSR count). The van der Waals surface area contributed by atoms with E-state index < -0.39 is 10.8 Å². The Balaban J connectivity index is 2.18. The molecule has 2 aromatic heterocycles. The van der Waals surface area contributed by atoms with Gasteiger partial charge in [-0.1, -0.05) is 11.3 Å². The summed E-state index contributed by atoms with van der Waals surface area (Å²) >= 11 is 1.31. The fraction of sp³-hybridized carbons (Fsp3) is 0.143. The first kappa shape index (κ1) is 14.2. The topological polar surface area (TPSA) is 90.6 Å². The standard InChI is InChI=1S/C14H11N3O4S/c1-2-16-10-8-9(17(19)20)5-6-12(10)22-14(16)15-13(18)11-4-3-7-21-11/h3-8H,2H2,1H3. The molecule has 2 heterocycles. The number of hydrogen-bond acceptors (Lipinski definition) is 5. The number of nitrogens with zero attached hydrogens (tertiary/aromatic N) is 3. The monoisotopic (exact) mass is 317 g/mol. The number of fused-ring (bicyclic) bond motifs is 1. The Morgan fingerprint density at radius 3 is 2.91 bits per heavy atom. The average Bonchev–Trinajstić information content (AvgIpc) is 3.13. The number of thiazole rings is 1. The maximum Gasteiger partial charge on any atom is 0.315 e. The van der Waals surface area contributed by atoms with Gasteiger partial charge in [-0.3, -0.25) is 14.9 Å². The molecule has 0 saturated heterocycles. The van der Waals surface area contributed by atoms with Gasteiger partial charge in [0.05, 0.1) is 21.4 Å². The SMILES string of the molecule is CCn1c(=NC(=O)c2ccco2)sc2ccc([N+](=O)[O-])cc21. The number of furan rings is 1. The van der Waals surface area contributed by atoms with E-state index in [0.717, 1.165) is 4.70 Å². The van der Waals surface area contributed by atoms with Crippen molar-refractivity contribution >= 4 is 33.1 Å². The molecule has 0 aliphatic carbocycles. The van der Waals surface area contributed by atoms with Crippen molar-refractivity contribution in [2.45, 2.75) is 13.5 Å². The molecule has 0 radical (unpaired) electrons. The lowest BCUT2D eigenvalue weighted by atomic mass is 10.3. The van der Waals surface area contributed by atoms with Crippen LogP contribution in [-0.2, 0) is 6.54 Å². The van der Waals surface area contributed by atoms with Gasteiger partial charge in [0.15, 0.2) is 10.6 Å². The molecular weight excluding hydrogens is 306 g/mol. The summed E-state index contributed by atoms with van der Waals surface area (Å²) in [6, 6.07) is 7.76. The van der Waals surface area contributed by atoms with E-state index in [1.165, 1.54) is 29.7 Å². The third kappa shape index (κ3) is 2.44. The second kappa shape index (κ2) is 5.57. The Labute approximate surface area is 128 Å². The van der Waals surface area contributed by atoms with Gasteiger partial charge in [-0.15, -0.1) is 0 Å². The highest BCUT2D eigenvalue weighted by Gasteiger charge is 2.13. The minimum absolute atomic E-state index is 0.0106. The molecule has 0 atom stereocenters. The molecule has 112 valence electrons. The Kier molecular flexibility index (Phi) is 3.60. The smallest absolute Gasteiger partial charge is 0.315 e. The lowest BCUT2D eigenvalue weighted by Crippen LogP contribution is -2.15. The summed E-state index contributed by atoms with van der Waals surface area (Å²) in [4.78, 5) is 27.0. The number of non-ortho nitro benzene ring substituents is 1. The third-order valence-corrected chi connectivity index (χ3v) is 4.18. The molecule has 0 N–H and O–H groups in total. The number of carbonyl (C=O) groups excluding carboxylic acids is 1. The van der Waals surface area contributed by atoms with Crippen LogP contribution in [-0.4, -0.2) is 15.4 Å². The van der Waals surface area contributed by atoms with Crippen LogP contribution in [0.3, 0.4) is 0 Å². The van der Waals surface area contributed by atoms with Crippen LogP contribution in [0.25, 0.3) is 10.2 Å². The highest BCUT2D eigenvalue weighted by molar-refractivity contribution is 7.16. The van der Waals surface area contributed by atoms with Crippen molar-refractivity contribution in [1.82, 2.24) is 4.57 Å². The second-order valence-corrected chi connectivity index (χ2v) is 5.44. The number of amides is 1. The molecule has 0 fully saturated rings. The summed E-state index contributed by atoms with van der Waals surface area (Å²) in [5, 5.41) is 10.9. The molecule has 1 amide bonds. The predicted molar refractivity (Wildman–Crippen MR) is 80.7 cm³/mol. The predicted octanol–water partition coefficient (Wildman–Crippen LogP) is 2.97. The van der Waals surface area contributed by atoms with Gasteiger partial charge >= 0.3 is 5.91 Å². The van der Waals surface area contributed by atoms with Crippen molar-refractivity contribution in [1.29, 1.82) is 0 Å². The van der Waals surface area contributed by atoms with Crippen LogP contribution in [0.15, 0.2) is 46.0 Å². The molecule has 0 saturated carbocycles. The highest BCUT2D eigenvalue weighted by atomic mass is 32.1. The van der Waals surface area contributed by atoms with Crippen LogP contribution in [0, 0.1) is 10.1 Å². The van der Waals surface area contributed by atoms with E-state index in [1.54, 1.807) is 22.8 Å².